The van der Waals surface area contributed by atoms with E-state index in [0.717, 1.165) is 0 Å². The summed E-state index contributed by atoms with van der Waals surface area (Å²) in [5, 5.41) is 0.204. The zero-order chi connectivity index (χ0) is 12.5. The number of hydrogen-bond donors (Lipinski definition) is 1. The van der Waals surface area contributed by atoms with Gasteiger partial charge < -0.3 is 5.73 Å². The van der Waals surface area contributed by atoms with E-state index >= 15 is 0 Å². The highest BCUT2D eigenvalue weighted by Crippen LogP contribution is 2.27. The molecule has 2 N–H and O–H groups in total. The number of halogens is 1. The third-order valence-corrected chi connectivity index (χ3v) is 4.55. The molecule has 0 unspecified atom stereocenters. The average molecular weight is 268 g/mol. The minimum absolute atomic E-state index is 0.0901. The summed E-state index contributed by atoms with van der Waals surface area (Å²) in [6.07, 6.45) is 0. The van der Waals surface area contributed by atoms with E-state index in [1.807, 2.05) is 0 Å². The normalized spacial score (nSPS) is 11.4. The summed E-state index contributed by atoms with van der Waals surface area (Å²) in [4.78, 5) is 0.234. The minimum Gasteiger partial charge on any atom is -0.399 e. The summed E-state index contributed by atoms with van der Waals surface area (Å²) >= 11 is 5.89. The highest BCUT2D eigenvalue weighted by Gasteiger charge is 2.20. The second-order valence-electron chi connectivity index (χ2n) is 3.51. The summed E-state index contributed by atoms with van der Waals surface area (Å²) in [6, 6.07) is 12.5. The minimum atomic E-state index is -3.60. The van der Waals surface area contributed by atoms with Crippen LogP contribution in [0.4, 0.5) is 5.69 Å². The molecule has 2 rings (SSSR count). The van der Waals surface area contributed by atoms with E-state index in [4.69, 9.17) is 17.3 Å². The van der Waals surface area contributed by atoms with Crippen LogP contribution in [0.2, 0.25) is 5.02 Å². The summed E-state index contributed by atoms with van der Waals surface area (Å²) in [5.74, 6) is 0. The van der Waals surface area contributed by atoms with Gasteiger partial charge in [-0.05, 0) is 30.3 Å². The Balaban J connectivity index is 2.63. The maximum Gasteiger partial charge on any atom is 0.208 e. The molecule has 88 valence electrons. The van der Waals surface area contributed by atoms with E-state index in [0.29, 0.717) is 5.69 Å². The van der Waals surface area contributed by atoms with Crippen molar-refractivity contribution in [3.63, 3.8) is 0 Å². The van der Waals surface area contributed by atoms with Crippen LogP contribution in [-0.4, -0.2) is 8.42 Å². The second kappa shape index (κ2) is 4.39. The topological polar surface area (TPSA) is 60.2 Å². The van der Waals surface area contributed by atoms with Gasteiger partial charge in [-0.25, -0.2) is 8.42 Å². The summed E-state index contributed by atoms with van der Waals surface area (Å²) < 4.78 is 24.5. The van der Waals surface area contributed by atoms with Gasteiger partial charge in [0.25, 0.3) is 0 Å². The number of benzene rings is 2. The van der Waals surface area contributed by atoms with Gasteiger partial charge in [0.2, 0.25) is 9.84 Å². The fraction of sp³-hybridized carbons (Fsp3) is 0. The van der Waals surface area contributed by atoms with Crippen molar-refractivity contribution in [1.29, 1.82) is 0 Å². The first-order valence-electron chi connectivity index (χ1n) is 4.87. The van der Waals surface area contributed by atoms with Crippen molar-refractivity contribution in [2.75, 3.05) is 5.73 Å². The number of rotatable bonds is 2. The smallest absolute Gasteiger partial charge is 0.208 e. The second-order valence-corrected chi connectivity index (χ2v) is 5.83. The van der Waals surface area contributed by atoms with Crippen molar-refractivity contribution < 1.29 is 8.42 Å². The lowest BCUT2D eigenvalue weighted by atomic mass is 10.3. The first kappa shape index (κ1) is 12.0. The zero-order valence-corrected chi connectivity index (χ0v) is 10.4. The number of nitrogens with two attached hydrogens (primary N) is 1. The lowest BCUT2D eigenvalue weighted by molar-refractivity contribution is 0.596. The first-order valence-corrected chi connectivity index (χ1v) is 6.73. The monoisotopic (exact) mass is 267 g/mol. The Kier molecular flexibility index (Phi) is 3.09. The molecule has 0 aromatic heterocycles. The highest BCUT2D eigenvalue weighted by atomic mass is 35.5. The lowest BCUT2D eigenvalue weighted by Gasteiger charge is -2.06. The standard InChI is InChI=1S/C12H10ClNO2S/c13-11-6-1-2-7-12(11)17(15,16)10-5-3-4-9(14)8-10/h1-8H,14H2. The Morgan fingerprint density at radius 1 is 1.00 bits per heavy atom. The fourth-order valence-electron chi connectivity index (χ4n) is 1.47. The van der Waals surface area contributed by atoms with Crippen LogP contribution >= 0.6 is 11.6 Å². The Morgan fingerprint density at radius 2 is 1.71 bits per heavy atom. The fourth-order valence-corrected chi connectivity index (χ4v) is 3.30. The van der Waals surface area contributed by atoms with Gasteiger partial charge >= 0.3 is 0 Å². The number of hydrogen-bond acceptors (Lipinski definition) is 3. The molecule has 0 saturated heterocycles. The molecule has 0 amide bonds. The molecular weight excluding hydrogens is 258 g/mol. The van der Waals surface area contributed by atoms with Crippen LogP contribution < -0.4 is 5.73 Å². The highest BCUT2D eigenvalue weighted by molar-refractivity contribution is 7.91. The van der Waals surface area contributed by atoms with Gasteiger partial charge in [-0.2, -0.15) is 0 Å². The quantitative estimate of drug-likeness (QED) is 0.851. The van der Waals surface area contributed by atoms with Crippen molar-refractivity contribution in [3.05, 3.63) is 53.6 Å². The maximum atomic E-state index is 12.3. The van der Waals surface area contributed by atoms with Crippen LogP contribution in [0.15, 0.2) is 58.3 Å². The lowest BCUT2D eigenvalue weighted by Crippen LogP contribution is -2.03. The van der Waals surface area contributed by atoms with Gasteiger partial charge in [-0.1, -0.05) is 29.8 Å². The Hall–Kier alpha value is -1.52. The molecule has 0 aliphatic carbocycles. The van der Waals surface area contributed by atoms with E-state index in [-0.39, 0.29) is 14.8 Å². The van der Waals surface area contributed by atoms with Gasteiger partial charge in [0.05, 0.1) is 14.8 Å². The first-order chi connectivity index (χ1) is 8.01. The zero-order valence-electron chi connectivity index (χ0n) is 8.80. The van der Waals surface area contributed by atoms with Crippen LogP contribution in [0, 0.1) is 0 Å². The van der Waals surface area contributed by atoms with E-state index in [2.05, 4.69) is 0 Å². The SMILES string of the molecule is Nc1cccc(S(=O)(=O)c2ccccc2Cl)c1. The molecule has 0 radical (unpaired) electrons. The van der Waals surface area contributed by atoms with Crippen LogP contribution in [0.5, 0.6) is 0 Å². The van der Waals surface area contributed by atoms with Gasteiger partial charge in [0, 0.05) is 5.69 Å². The molecule has 0 aliphatic heterocycles. The Morgan fingerprint density at radius 3 is 2.35 bits per heavy atom. The van der Waals surface area contributed by atoms with Crippen molar-refractivity contribution >= 4 is 27.1 Å². The van der Waals surface area contributed by atoms with Crippen molar-refractivity contribution in [3.8, 4) is 0 Å². The molecule has 0 bridgehead atoms. The molecule has 0 heterocycles. The number of nitrogen functional groups attached to an aromatic ring is 1. The predicted molar refractivity (Wildman–Crippen MR) is 67.8 cm³/mol. The molecule has 0 aliphatic rings. The van der Waals surface area contributed by atoms with E-state index in [9.17, 15) is 8.42 Å². The summed E-state index contributed by atoms with van der Waals surface area (Å²) in [5.41, 5.74) is 5.98. The van der Waals surface area contributed by atoms with E-state index < -0.39 is 9.84 Å². The maximum absolute atomic E-state index is 12.3. The summed E-state index contributed by atoms with van der Waals surface area (Å²) in [7, 11) is -3.60. The molecule has 5 heteroatoms. The molecule has 3 nitrogen and oxygen atoms in total. The number of anilines is 1. The Labute approximate surface area is 105 Å². The van der Waals surface area contributed by atoms with Gasteiger partial charge in [0.1, 0.15) is 0 Å². The van der Waals surface area contributed by atoms with Gasteiger partial charge in [-0.15, -0.1) is 0 Å². The van der Waals surface area contributed by atoms with Gasteiger partial charge in [0.15, 0.2) is 0 Å². The van der Waals surface area contributed by atoms with Crippen LogP contribution in [-0.2, 0) is 9.84 Å². The largest absolute Gasteiger partial charge is 0.399 e. The summed E-state index contributed by atoms with van der Waals surface area (Å²) in [6.45, 7) is 0. The van der Waals surface area contributed by atoms with E-state index in [1.54, 1.807) is 30.3 Å². The number of sulfone groups is 1. The van der Waals surface area contributed by atoms with Crippen LogP contribution in [0.25, 0.3) is 0 Å². The molecule has 2 aromatic rings. The van der Waals surface area contributed by atoms with Crippen LogP contribution in [0.1, 0.15) is 0 Å². The molecule has 0 spiro atoms. The van der Waals surface area contributed by atoms with Crippen molar-refractivity contribution in [1.82, 2.24) is 0 Å². The Bertz CT molecular complexity index is 653. The van der Waals surface area contributed by atoms with Crippen molar-refractivity contribution in [2.45, 2.75) is 9.79 Å². The van der Waals surface area contributed by atoms with Crippen molar-refractivity contribution in [2.24, 2.45) is 0 Å². The molecule has 0 fully saturated rings. The predicted octanol–water partition coefficient (Wildman–Crippen LogP) is 2.76. The van der Waals surface area contributed by atoms with Gasteiger partial charge in [-0.3, -0.25) is 0 Å². The molecule has 0 saturated carbocycles. The van der Waals surface area contributed by atoms with E-state index in [1.165, 1.54) is 18.2 Å². The third kappa shape index (κ3) is 2.28. The molecular formula is C12H10ClNO2S. The molecule has 17 heavy (non-hydrogen) atoms. The molecule has 0 atom stereocenters. The third-order valence-electron chi connectivity index (χ3n) is 2.29. The van der Waals surface area contributed by atoms with Crippen LogP contribution in [0.3, 0.4) is 0 Å². The molecule has 2 aromatic carbocycles. The average Bonchev–Trinajstić information content (AvgIpc) is 2.29.